The van der Waals surface area contributed by atoms with Crippen molar-refractivity contribution in [3.05, 3.63) is 64.3 Å². The zero-order valence-corrected chi connectivity index (χ0v) is 17.6. The third kappa shape index (κ3) is 4.51. The van der Waals surface area contributed by atoms with Gasteiger partial charge in [0.1, 0.15) is 0 Å². The summed E-state index contributed by atoms with van der Waals surface area (Å²) in [6, 6.07) is 12.4. The van der Waals surface area contributed by atoms with E-state index in [9.17, 15) is 4.79 Å². The number of hydrogen-bond donors (Lipinski definition) is 0. The Balaban J connectivity index is 1.40. The van der Waals surface area contributed by atoms with Crippen molar-refractivity contribution in [2.75, 3.05) is 26.2 Å². The highest BCUT2D eigenvalue weighted by Gasteiger charge is 2.26. The monoisotopic (exact) mass is 411 g/mol. The van der Waals surface area contributed by atoms with E-state index in [2.05, 4.69) is 41.1 Å². The number of piperidine rings is 1. The molecule has 1 aliphatic heterocycles. The summed E-state index contributed by atoms with van der Waals surface area (Å²) in [4.78, 5) is 23.2. The fourth-order valence-electron chi connectivity index (χ4n) is 3.76. The lowest BCUT2D eigenvalue weighted by atomic mass is 9.98. The number of hydrogen-bond acceptors (Lipinski definition) is 5. The van der Waals surface area contributed by atoms with Crippen LogP contribution in [0.15, 0.2) is 54.4 Å². The van der Waals surface area contributed by atoms with Gasteiger partial charge in [-0.05, 0) is 43.0 Å². The third-order valence-electron chi connectivity index (χ3n) is 5.15. The van der Waals surface area contributed by atoms with Gasteiger partial charge in [0.05, 0.1) is 28.3 Å². The van der Waals surface area contributed by atoms with Gasteiger partial charge in [-0.25, -0.2) is 4.98 Å². The number of rotatable bonds is 7. The van der Waals surface area contributed by atoms with Gasteiger partial charge in [0.2, 0.25) is 5.91 Å². The first-order chi connectivity index (χ1) is 13.7. The van der Waals surface area contributed by atoms with Gasteiger partial charge in [0, 0.05) is 23.9 Å². The number of likely N-dealkylation sites (tertiary alicyclic amines) is 1. The molecule has 4 nitrogen and oxygen atoms in total. The van der Waals surface area contributed by atoms with Crippen LogP contribution in [0.3, 0.4) is 0 Å². The van der Waals surface area contributed by atoms with E-state index in [1.807, 2.05) is 23.1 Å². The topological polar surface area (TPSA) is 36.4 Å². The van der Waals surface area contributed by atoms with Gasteiger partial charge < -0.3 is 4.90 Å². The van der Waals surface area contributed by atoms with Crippen LogP contribution in [0.25, 0.3) is 10.2 Å². The lowest BCUT2D eigenvalue weighted by Crippen LogP contribution is -2.43. The van der Waals surface area contributed by atoms with Crippen molar-refractivity contribution in [3.8, 4) is 0 Å². The average molecular weight is 412 g/mol. The molecule has 0 unspecified atom stereocenters. The van der Waals surface area contributed by atoms with Crippen LogP contribution in [0.2, 0.25) is 0 Å². The Labute approximate surface area is 174 Å². The number of carbonyl (C=O) groups excluding carboxylic acids is 1. The number of thiophene rings is 1. The molecule has 146 valence electrons. The Hall–Kier alpha value is -2.02. The van der Waals surface area contributed by atoms with Gasteiger partial charge in [-0.3, -0.25) is 9.69 Å². The maximum absolute atomic E-state index is 12.9. The van der Waals surface area contributed by atoms with Gasteiger partial charge in [0.25, 0.3) is 0 Å². The molecule has 4 rings (SSSR count). The highest BCUT2D eigenvalue weighted by atomic mass is 32.1. The van der Waals surface area contributed by atoms with Crippen molar-refractivity contribution in [3.63, 3.8) is 0 Å². The van der Waals surface area contributed by atoms with Gasteiger partial charge in [0.15, 0.2) is 0 Å². The Bertz CT molecular complexity index is 901. The predicted octanol–water partition coefficient (Wildman–Crippen LogP) is 4.75. The maximum atomic E-state index is 12.9. The molecule has 1 aliphatic rings. The van der Waals surface area contributed by atoms with E-state index in [-0.39, 0.29) is 5.91 Å². The molecule has 28 heavy (non-hydrogen) atoms. The molecule has 0 spiro atoms. The summed E-state index contributed by atoms with van der Waals surface area (Å²) in [5, 5.41) is 3.26. The van der Waals surface area contributed by atoms with E-state index in [4.69, 9.17) is 4.98 Å². The summed E-state index contributed by atoms with van der Waals surface area (Å²) in [5.74, 6) is 0.599. The summed E-state index contributed by atoms with van der Waals surface area (Å²) >= 11 is 3.49. The zero-order valence-electron chi connectivity index (χ0n) is 15.9. The number of amides is 1. The number of benzene rings is 1. The fraction of sp³-hybridized carbons (Fsp3) is 0.364. The number of aromatic nitrogens is 1. The number of carbonyl (C=O) groups is 1. The molecule has 1 atom stereocenters. The van der Waals surface area contributed by atoms with Gasteiger partial charge in [-0.15, -0.1) is 29.3 Å². The molecule has 0 bridgehead atoms. The SMILES string of the molecule is C=CCN(Cc1cccs1)C(=O)CN1CCC[C@H](c2nc3ccccc3s2)C1. The van der Waals surface area contributed by atoms with Crippen LogP contribution in [0.5, 0.6) is 0 Å². The molecule has 0 radical (unpaired) electrons. The van der Waals surface area contributed by atoms with Crippen LogP contribution in [0.4, 0.5) is 0 Å². The van der Waals surface area contributed by atoms with E-state index in [1.165, 1.54) is 14.6 Å². The highest BCUT2D eigenvalue weighted by molar-refractivity contribution is 7.18. The molecule has 0 aliphatic carbocycles. The summed E-state index contributed by atoms with van der Waals surface area (Å²) < 4.78 is 1.25. The predicted molar refractivity (Wildman–Crippen MR) is 118 cm³/mol. The first kappa shape index (κ1) is 19.3. The average Bonchev–Trinajstić information content (AvgIpc) is 3.37. The third-order valence-corrected chi connectivity index (χ3v) is 7.21. The van der Waals surface area contributed by atoms with E-state index >= 15 is 0 Å². The number of para-hydroxylation sites is 1. The van der Waals surface area contributed by atoms with Crippen molar-refractivity contribution in [1.82, 2.24) is 14.8 Å². The standard InChI is InChI=1S/C22H25N3OS2/c1-2-11-25(15-18-8-6-13-27-18)21(26)16-24-12-5-7-17(14-24)22-23-19-9-3-4-10-20(19)28-22/h2-4,6,8-10,13,17H,1,5,7,11-12,14-16H2/t17-/m0/s1. The molecular formula is C22H25N3OS2. The minimum atomic E-state index is 0.179. The van der Waals surface area contributed by atoms with Crippen molar-refractivity contribution in [2.24, 2.45) is 0 Å². The molecule has 1 fully saturated rings. The Morgan fingerprint density at radius 3 is 3.00 bits per heavy atom. The molecule has 1 aromatic carbocycles. The summed E-state index contributed by atoms with van der Waals surface area (Å²) in [7, 11) is 0. The van der Waals surface area contributed by atoms with Crippen molar-refractivity contribution in [1.29, 1.82) is 0 Å². The number of thiazole rings is 1. The highest BCUT2D eigenvalue weighted by Crippen LogP contribution is 2.32. The van der Waals surface area contributed by atoms with Gasteiger partial charge >= 0.3 is 0 Å². The summed E-state index contributed by atoms with van der Waals surface area (Å²) in [6.45, 7) is 7.44. The van der Waals surface area contributed by atoms with Gasteiger partial charge in [-0.1, -0.05) is 24.3 Å². The molecule has 1 saturated heterocycles. The Kier molecular flexibility index (Phi) is 6.20. The van der Waals surface area contributed by atoms with E-state index in [0.717, 1.165) is 31.4 Å². The van der Waals surface area contributed by atoms with E-state index in [0.29, 0.717) is 25.6 Å². The van der Waals surface area contributed by atoms with Crippen molar-refractivity contribution < 1.29 is 4.79 Å². The number of nitrogens with zero attached hydrogens (tertiary/aromatic N) is 3. The second-order valence-corrected chi connectivity index (χ2v) is 9.33. The molecule has 3 heterocycles. The molecular weight excluding hydrogens is 386 g/mol. The van der Waals surface area contributed by atoms with Crippen LogP contribution in [0.1, 0.15) is 28.6 Å². The van der Waals surface area contributed by atoms with Crippen molar-refractivity contribution >= 4 is 38.8 Å². The second-order valence-electron chi connectivity index (χ2n) is 7.24. The number of fused-ring (bicyclic) bond motifs is 1. The molecule has 1 amide bonds. The Morgan fingerprint density at radius 1 is 1.32 bits per heavy atom. The van der Waals surface area contributed by atoms with Gasteiger partial charge in [-0.2, -0.15) is 0 Å². The zero-order chi connectivity index (χ0) is 19.3. The van der Waals surface area contributed by atoms with Crippen molar-refractivity contribution in [2.45, 2.75) is 25.3 Å². The molecule has 0 N–H and O–H groups in total. The fourth-order valence-corrected chi connectivity index (χ4v) is 5.57. The minimum Gasteiger partial charge on any atom is -0.333 e. The van der Waals surface area contributed by atoms with Crippen LogP contribution in [-0.4, -0.2) is 46.9 Å². The maximum Gasteiger partial charge on any atom is 0.237 e. The normalized spacial score (nSPS) is 17.6. The Morgan fingerprint density at radius 2 is 2.21 bits per heavy atom. The molecule has 0 saturated carbocycles. The van der Waals surface area contributed by atoms with Crippen LogP contribution < -0.4 is 0 Å². The molecule has 2 aromatic heterocycles. The molecule has 6 heteroatoms. The summed E-state index contributed by atoms with van der Waals surface area (Å²) in [6.07, 6.45) is 4.07. The first-order valence-electron chi connectivity index (χ1n) is 9.72. The quantitative estimate of drug-likeness (QED) is 0.526. The van der Waals surface area contributed by atoms with E-state index < -0.39 is 0 Å². The minimum absolute atomic E-state index is 0.179. The first-order valence-corrected chi connectivity index (χ1v) is 11.4. The van der Waals surface area contributed by atoms with Crippen LogP contribution in [-0.2, 0) is 11.3 Å². The smallest absolute Gasteiger partial charge is 0.237 e. The molecule has 3 aromatic rings. The van der Waals surface area contributed by atoms with Crippen LogP contribution >= 0.6 is 22.7 Å². The largest absolute Gasteiger partial charge is 0.333 e. The summed E-state index contributed by atoms with van der Waals surface area (Å²) in [5.41, 5.74) is 1.09. The lowest BCUT2D eigenvalue weighted by molar-refractivity contribution is -0.132. The van der Waals surface area contributed by atoms with E-state index in [1.54, 1.807) is 22.7 Å². The lowest BCUT2D eigenvalue weighted by Gasteiger charge is -2.32. The second kappa shape index (κ2) is 8.99. The van der Waals surface area contributed by atoms with Crippen LogP contribution in [0, 0.1) is 0 Å².